The number of carbonyl (C=O) groups is 2. The van der Waals surface area contributed by atoms with E-state index in [1.165, 1.54) is 25.7 Å². The van der Waals surface area contributed by atoms with Crippen LogP contribution in [0.4, 0.5) is 0 Å². The molecule has 0 aliphatic heterocycles. The average Bonchev–Trinajstić information content (AvgIpc) is 3.63. The molecule has 0 bridgehead atoms. The number of carbonyl (C=O) groups excluding carboxylic acids is 2. The summed E-state index contributed by atoms with van der Waals surface area (Å²) in [5.74, 6) is 2.36. The van der Waals surface area contributed by atoms with Crippen molar-refractivity contribution in [1.29, 1.82) is 0 Å². The van der Waals surface area contributed by atoms with E-state index in [9.17, 15) is 9.59 Å². The first-order chi connectivity index (χ1) is 24.0. The van der Waals surface area contributed by atoms with Gasteiger partial charge in [-0.1, -0.05) is 52.4 Å². The van der Waals surface area contributed by atoms with Crippen molar-refractivity contribution in [1.82, 2.24) is 4.98 Å². The third-order valence-electron chi connectivity index (χ3n) is 7.88. The fraction of sp³-hybridized carbons (Fsp3) is 0.293. The summed E-state index contributed by atoms with van der Waals surface area (Å²) in [5.41, 5.74) is 2.38. The third kappa shape index (κ3) is 10.6. The molecule has 0 atom stereocenters. The fourth-order valence-corrected chi connectivity index (χ4v) is 5.04. The monoisotopic (exact) mass is 661 g/mol. The molecular formula is C41H43NO7. The van der Waals surface area contributed by atoms with E-state index in [1.807, 2.05) is 0 Å². The zero-order chi connectivity index (χ0) is 34.3. The number of rotatable bonds is 18. The van der Waals surface area contributed by atoms with Gasteiger partial charge in [-0.2, -0.15) is 0 Å². The predicted octanol–water partition coefficient (Wildman–Crippen LogP) is 10.4. The number of aromatic nitrogens is 1. The first-order valence-corrected chi connectivity index (χ1v) is 17.1. The van der Waals surface area contributed by atoms with E-state index in [4.69, 9.17) is 23.4 Å². The maximum atomic E-state index is 12.7. The van der Waals surface area contributed by atoms with E-state index in [-0.39, 0.29) is 0 Å². The highest BCUT2D eigenvalue weighted by Crippen LogP contribution is 2.29. The van der Waals surface area contributed by atoms with Gasteiger partial charge in [-0.3, -0.25) is 0 Å². The van der Waals surface area contributed by atoms with Crippen molar-refractivity contribution in [2.24, 2.45) is 0 Å². The van der Waals surface area contributed by atoms with Crippen LogP contribution >= 0.6 is 0 Å². The second-order valence-electron chi connectivity index (χ2n) is 11.7. The maximum absolute atomic E-state index is 12.7. The van der Waals surface area contributed by atoms with Crippen LogP contribution in [0.2, 0.25) is 0 Å². The molecule has 0 spiro atoms. The molecule has 254 valence electrons. The summed E-state index contributed by atoms with van der Waals surface area (Å²) in [4.78, 5) is 29.8. The number of hydrogen-bond donors (Lipinski definition) is 0. The first-order valence-electron chi connectivity index (χ1n) is 17.1. The Morgan fingerprint density at radius 1 is 0.531 bits per heavy atom. The second-order valence-corrected chi connectivity index (χ2v) is 11.7. The van der Waals surface area contributed by atoms with Crippen LogP contribution in [0.1, 0.15) is 85.9 Å². The van der Waals surface area contributed by atoms with Gasteiger partial charge in [0.15, 0.2) is 5.76 Å². The minimum Gasteiger partial charge on any atom is -0.494 e. The number of ether oxygens (including phenoxy) is 4. The standard InChI is InChI=1S/C41H43NO7/c1-3-5-7-9-27-45-34-19-15-32(16-20-34)40(43)47-36-23-11-30(12-24-36)38-29-42-39(49-38)31-13-25-37(26-14-31)48-41(44)33-17-21-35(22-18-33)46-28-10-8-6-4-2/h11-26,29H,3-10,27-28H2,1-2H3. The molecule has 49 heavy (non-hydrogen) atoms. The first kappa shape index (κ1) is 35.0. The van der Waals surface area contributed by atoms with Crippen molar-refractivity contribution in [3.63, 3.8) is 0 Å². The summed E-state index contributed by atoms with van der Waals surface area (Å²) >= 11 is 0. The van der Waals surface area contributed by atoms with E-state index in [0.29, 0.717) is 47.5 Å². The third-order valence-corrected chi connectivity index (χ3v) is 7.88. The van der Waals surface area contributed by atoms with Crippen LogP contribution in [-0.2, 0) is 0 Å². The molecule has 0 fully saturated rings. The molecule has 0 saturated heterocycles. The summed E-state index contributed by atoms with van der Waals surface area (Å²) in [5, 5.41) is 0. The Kier molecular flexibility index (Phi) is 13.0. The lowest BCUT2D eigenvalue weighted by atomic mass is 10.2. The Labute approximate surface area is 288 Å². The highest BCUT2D eigenvalue weighted by Gasteiger charge is 2.13. The van der Waals surface area contributed by atoms with Gasteiger partial charge in [0.2, 0.25) is 5.89 Å². The van der Waals surface area contributed by atoms with Crippen molar-refractivity contribution < 1.29 is 33.0 Å². The van der Waals surface area contributed by atoms with Gasteiger partial charge >= 0.3 is 11.9 Å². The molecule has 0 unspecified atom stereocenters. The quantitative estimate of drug-likeness (QED) is 0.0520. The van der Waals surface area contributed by atoms with Crippen LogP contribution in [0.25, 0.3) is 22.8 Å². The van der Waals surface area contributed by atoms with Gasteiger partial charge in [-0.15, -0.1) is 0 Å². The summed E-state index contributed by atoms with van der Waals surface area (Å²) in [6.07, 6.45) is 10.8. The van der Waals surface area contributed by atoms with Crippen LogP contribution < -0.4 is 18.9 Å². The van der Waals surface area contributed by atoms with Crippen LogP contribution in [0.5, 0.6) is 23.0 Å². The van der Waals surface area contributed by atoms with E-state index in [2.05, 4.69) is 18.8 Å². The Morgan fingerprint density at radius 2 is 0.959 bits per heavy atom. The summed E-state index contributed by atoms with van der Waals surface area (Å²) in [6.45, 7) is 5.69. The lowest BCUT2D eigenvalue weighted by molar-refractivity contribution is 0.0725. The molecule has 8 heteroatoms. The van der Waals surface area contributed by atoms with Crippen LogP contribution in [0.3, 0.4) is 0 Å². The van der Waals surface area contributed by atoms with E-state index in [1.54, 1.807) is 103 Å². The Bertz CT molecular complexity index is 1610. The molecule has 8 nitrogen and oxygen atoms in total. The molecule has 1 aromatic heterocycles. The topological polar surface area (TPSA) is 97.1 Å². The number of benzene rings is 4. The SMILES string of the molecule is CCCCCCOc1ccc(C(=O)Oc2ccc(-c3cnc(-c4ccc(OC(=O)c5ccc(OCCCCCC)cc5)cc4)o3)cc2)cc1. The van der Waals surface area contributed by atoms with Crippen molar-refractivity contribution in [2.45, 2.75) is 65.2 Å². The molecule has 5 aromatic rings. The molecule has 0 saturated carbocycles. The highest BCUT2D eigenvalue weighted by atomic mass is 16.5. The molecule has 0 amide bonds. The minimum atomic E-state index is -0.453. The van der Waals surface area contributed by atoms with E-state index in [0.717, 1.165) is 48.3 Å². The van der Waals surface area contributed by atoms with Gasteiger partial charge in [0.05, 0.1) is 30.5 Å². The van der Waals surface area contributed by atoms with Gasteiger partial charge in [0, 0.05) is 11.1 Å². The molecular weight excluding hydrogens is 618 g/mol. The van der Waals surface area contributed by atoms with Gasteiger partial charge in [-0.05, 0) is 110 Å². The molecule has 0 aliphatic rings. The average molecular weight is 662 g/mol. The predicted molar refractivity (Wildman–Crippen MR) is 189 cm³/mol. The minimum absolute atomic E-state index is 0.406. The number of nitrogens with zero attached hydrogens (tertiary/aromatic N) is 1. The Morgan fingerprint density at radius 3 is 1.41 bits per heavy atom. The summed E-state index contributed by atoms with van der Waals surface area (Å²) in [7, 11) is 0. The van der Waals surface area contributed by atoms with Crippen molar-refractivity contribution in [3.8, 4) is 45.8 Å². The molecule has 4 aromatic carbocycles. The van der Waals surface area contributed by atoms with Gasteiger partial charge in [0.25, 0.3) is 0 Å². The lowest BCUT2D eigenvalue weighted by Crippen LogP contribution is -2.08. The summed E-state index contributed by atoms with van der Waals surface area (Å²) in [6, 6.07) is 27.9. The lowest BCUT2D eigenvalue weighted by Gasteiger charge is -2.08. The second kappa shape index (κ2) is 18.2. The molecule has 0 aliphatic carbocycles. The molecule has 0 radical (unpaired) electrons. The van der Waals surface area contributed by atoms with E-state index >= 15 is 0 Å². The zero-order valence-electron chi connectivity index (χ0n) is 28.2. The smallest absolute Gasteiger partial charge is 0.343 e. The molecule has 1 heterocycles. The van der Waals surface area contributed by atoms with Crippen LogP contribution in [0, 0.1) is 0 Å². The Balaban J connectivity index is 1.10. The fourth-order valence-electron chi connectivity index (χ4n) is 5.04. The number of unbranched alkanes of at least 4 members (excludes halogenated alkanes) is 6. The van der Waals surface area contributed by atoms with Gasteiger partial charge in [0.1, 0.15) is 23.0 Å². The van der Waals surface area contributed by atoms with Gasteiger partial charge in [-0.25, -0.2) is 14.6 Å². The summed E-state index contributed by atoms with van der Waals surface area (Å²) < 4.78 is 28.6. The van der Waals surface area contributed by atoms with E-state index < -0.39 is 11.9 Å². The number of esters is 2. The molecule has 0 N–H and O–H groups in total. The largest absolute Gasteiger partial charge is 0.494 e. The normalized spacial score (nSPS) is 10.8. The van der Waals surface area contributed by atoms with Crippen molar-refractivity contribution in [3.05, 3.63) is 114 Å². The van der Waals surface area contributed by atoms with Crippen LogP contribution in [-0.4, -0.2) is 30.1 Å². The molecule has 5 rings (SSSR count). The highest BCUT2D eigenvalue weighted by molar-refractivity contribution is 5.91. The number of hydrogen-bond acceptors (Lipinski definition) is 8. The Hall–Kier alpha value is -5.37. The van der Waals surface area contributed by atoms with Crippen LogP contribution in [0.15, 0.2) is 108 Å². The number of oxazole rings is 1. The van der Waals surface area contributed by atoms with Crippen molar-refractivity contribution >= 4 is 11.9 Å². The zero-order valence-corrected chi connectivity index (χ0v) is 28.2. The van der Waals surface area contributed by atoms with Gasteiger partial charge < -0.3 is 23.4 Å². The van der Waals surface area contributed by atoms with Crippen molar-refractivity contribution in [2.75, 3.05) is 13.2 Å². The maximum Gasteiger partial charge on any atom is 0.343 e.